The van der Waals surface area contributed by atoms with Gasteiger partial charge in [-0.25, -0.2) is 4.79 Å². The normalized spacial score (nSPS) is 15.8. The lowest BCUT2D eigenvalue weighted by Crippen LogP contribution is -2.27. The van der Waals surface area contributed by atoms with Gasteiger partial charge < -0.3 is 5.11 Å². The molecular weight excluding hydrogens is 162 g/mol. The first-order valence-corrected chi connectivity index (χ1v) is 3.07. The van der Waals surface area contributed by atoms with Crippen LogP contribution < -0.4 is 5.32 Å². The summed E-state index contributed by atoms with van der Waals surface area (Å²) in [5.74, 6) is -0.921. The average Bonchev–Trinajstić information content (AvgIpc) is 1.96. The molecule has 1 rings (SSSR count). The molecule has 1 aliphatic carbocycles. The van der Waals surface area contributed by atoms with Gasteiger partial charge in [0.05, 0.1) is 5.70 Å². The number of carbonyl (C=O) groups is 3. The van der Waals surface area contributed by atoms with Crippen LogP contribution in [-0.4, -0.2) is 22.8 Å². The van der Waals surface area contributed by atoms with Crippen LogP contribution >= 0.6 is 0 Å². The number of nitrogens with one attached hydrogen (secondary N) is 1. The molecule has 12 heavy (non-hydrogen) atoms. The Morgan fingerprint density at radius 2 is 2.00 bits per heavy atom. The van der Waals surface area contributed by atoms with Crippen molar-refractivity contribution in [1.82, 2.24) is 5.32 Å². The molecule has 0 saturated heterocycles. The van der Waals surface area contributed by atoms with Gasteiger partial charge in [0.15, 0.2) is 5.78 Å². The first kappa shape index (κ1) is 8.19. The Balaban J connectivity index is 2.81. The van der Waals surface area contributed by atoms with Crippen molar-refractivity contribution in [1.29, 1.82) is 0 Å². The second-order valence-corrected chi connectivity index (χ2v) is 2.09. The smallest absolute Gasteiger partial charge is 0.409 e. The van der Waals surface area contributed by atoms with Gasteiger partial charge in [-0.05, 0) is 12.2 Å². The Bertz CT molecular complexity index is 313. The van der Waals surface area contributed by atoms with Crippen molar-refractivity contribution >= 4 is 17.7 Å². The van der Waals surface area contributed by atoms with Crippen molar-refractivity contribution in [3.8, 4) is 0 Å². The summed E-state index contributed by atoms with van der Waals surface area (Å²) in [6, 6.07) is 0. The monoisotopic (exact) mass is 167 g/mol. The molecule has 0 saturated carbocycles. The summed E-state index contributed by atoms with van der Waals surface area (Å²) in [6.45, 7) is 0. The topological polar surface area (TPSA) is 83.5 Å². The summed E-state index contributed by atoms with van der Waals surface area (Å²) < 4.78 is 0. The fourth-order valence-corrected chi connectivity index (χ4v) is 0.722. The molecule has 0 spiro atoms. The van der Waals surface area contributed by atoms with E-state index in [0.29, 0.717) is 0 Å². The quantitative estimate of drug-likeness (QED) is 0.532. The number of carbonyl (C=O) groups excluding carboxylic acids is 2. The second kappa shape index (κ2) is 3.00. The molecule has 0 heterocycles. The summed E-state index contributed by atoms with van der Waals surface area (Å²) in [5, 5.41) is 10.0. The molecule has 0 radical (unpaired) electrons. The highest BCUT2D eigenvalue weighted by molar-refractivity contribution is 6.17. The number of ketones is 2. The van der Waals surface area contributed by atoms with E-state index in [1.165, 1.54) is 0 Å². The van der Waals surface area contributed by atoms with Crippen molar-refractivity contribution in [2.75, 3.05) is 0 Å². The lowest BCUT2D eigenvalue weighted by Gasteiger charge is -2.04. The van der Waals surface area contributed by atoms with Gasteiger partial charge in [0.1, 0.15) is 0 Å². The number of carboxylic acid groups (broad SMARTS) is 1. The predicted octanol–water partition coefficient (Wildman–Crippen LogP) is -0.154. The first-order valence-electron chi connectivity index (χ1n) is 3.07. The summed E-state index contributed by atoms with van der Waals surface area (Å²) in [5.41, 5.74) is -0.213. The number of hydrogen-bond donors (Lipinski definition) is 2. The van der Waals surface area contributed by atoms with E-state index in [2.05, 4.69) is 0 Å². The van der Waals surface area contributed by atoms with E-state index in [1.54, 1.807) is 0 Å². The molecular formula is C7H5NO4. The van der Waals surface area contributed by atoms with Gasteiger partial charge in [0.25, 0.3) is 0 Å². The number of hydrogen-bond acceptors (Lipinski definition) is 3. The van der Waals surface area contributed by atoms with Crippen LogP contribution in [0.25, 0.3) is 0 Å². The zero-order chi connectivity index (χ0) is 9.14. The maximum atomic E-state index is 10.8. The molecule has 5 heteroatoms. The van der Waals surface area contributed by atoms with Gasteiger partial charge in [-0.15, -0.1) is 0 Å². The average molecular weight is 167 g/mol. The fraction of sp³-hybridized carbons (Fsp3) is 0. The molecule has 0 aromatic heterocycles. The highest BCUT2D eigenvalue weighted by atomic mass is 16.4. The molecule has 0 unspecified atom stereocenters. The van der Waals surface area contributed by atoms with Crippen molar-refractivity contribution < 1.29 is 19.5 Å². The van der Waals surface area contributed by atoms with Crippen LogP contribution in [0, 0.1) is 0 Å². The molecule has 62 valence electrons. The maximum absolute atomic E-state index is 10.8. The van der Waals surface area contributed by atoms with Gasteiger partial charge in [0.2, 0.25) is 5.78 Å². The van der Waals surface area contributed by atoms with E-state index < -0.39 is 17.7 Å². The molecule has 0 atom stereocenters. The van der Waals surface area contributed by atoms with Gasteiger partial charge >= 0.3 is 6.09 Å². The third-order valence-electron chi connectivity index (χ3n) is 1.19. The summed E-state index contributed by atoms with van der Waals surface area (Å²) >= 11 is 0. The Morgan fingerprint density at radius 3 is 2.58 bits per heavy atom. The second-order valence-electron chi connectivity index (χ2n) is 2.09. The van der Waals surface area contributed by atoms with Gasteiger partial charge in [-0.2, -0.15) is 0 Å². The van der Waals surface area contributed by atoms with Crippen LogP contribution in [-0.2, 0) is 9.59 Å². The van der Waals surface area contributed by atoms with E-state index >= 15 is 0 Å². The molecule has 0 aliphatic heterocycles. The molecule has 1 aliphatic rings. The SMILES string of the molecule is O=C1C=CC(=O)C(NC(=O)O)=C1. The maximum Gasteiger partial charge on any atom is 0.409 e. The Morgan fingerprint density at radius 1 is 1.33 bits per heavy atom. The standard InChI is InChI=1S/C7H5NO4/c9-4-1-2-6(10)5(3-4)8-7(11)12/h1-3,8H,(H,11,12). The van der Waals surface area contributed by atoms with Crippen LogP contribution in [0.4, 0.5) is 4.79 Å². The number of allylic oxidation sites excluding steroid dienone is 3. The van der Waals surface area contributed by atoms with Crippen LogP contribution in [0.2, 0.25) is 0 Å². The molecule has 0 bridgehead atoms. The number of rotatable bonds is 1. The number of amides is 1. The van der Waals surface area contributed by atoms with E-state index in [1.807, 2.05) is 5.32 Å². The van der Waals surface area contributed by atoms with Crippen molar-refractivity contribution in [3.05, 3.63) is 23.9 Å². The highest BCUT2D eigenvalue weighted by Gasteiger charge is 2.14. The van der Waals surface area contributed by atoms with Crippen LogP contribution in [0.3, 0.4) is 0 Å². The fourth-order valence-electron chi connectivity index (χ4n) is 0.722. The third-order valence-corrected chi connectivity index (χ3v) is 1.19. The van der Waals surface area contributed by atoms with E-state index in [-0.39, 0.29) is 5.70 Å². The first-order chi connectivity index (χ1) is 5.59. The molecule has 0 fully saturated rings. The van der Waals surface area contributed by atoms with E-state index in [4.69, 9.17) is 5.11 Å². The van der Waals surface area contributed by atoms with Gasteiger partial charge in [-0.3, -0.25) is 14.9 Å². The molecule has 5 nitrogen and oxygen atoms in total. The lowest BCUT2D eigenvalue weighted by atomic mass is 10.1. The molecule has 2 N–H and O–H groups in total. The third kappa shape index (κ3) is 1.79. The largest absolute Gasteiger partial charge is 0.465 e. The van der Waals surface area contributed by atoms with Crippen LogP contribution in [0.1, 0.15) is 0 Å². The van der Waals surface area contributed by atoms with Crippen molar-refractivity contribution in [2.24, 2.45) is 0 Å². The van der Waals surface area contributed by atoms with E-state index in [9.17, 15) is 14.4 Å². The Hall–Kier alpha value is -1.91. The van der Waals surface area contributed by atoms with Gasteiger partial charge in [0, 0.05) is 6.08 Å². The lowest BCUT2D eigenvalue weighted by molar-refractivity contribution is -0.114. The molecule has 0 aromatic rings. The summed E-state index contributed by atoms with van der Waals surface area (Å²) in [4.78, 5) is 31.6. The zero-order valence-electron chi connectivity index (χ0n) is 5.90. The minimum absolute atomic E-state index is 0.213. The van der Waals surface area contributed by atoms with Gasteiger partial charge in [-0.1, -0.05) is 0 Å². The van der Waals surface area contributed by atoms with Crippen molar-refractivity contribution in [3.63, 3.8) is 0 Å². The highest BCUT2D eigenvalue weighted by Crippen LogP contribution is 2.01. The molecule has 0 aromatic carbocycles. The Labute approximate surface area is 67.4 Å². The minimum Gasteiger partial charge on any atom is -0.465 e. The summed E-state index contributed by atoms with van der Waals surface area (Å²) in [6.07, 6.45) is 1.68. The predicted molar refractivity (Wildman–Crippen MR) is 38.4 cm³/mol. The minimum atomic E-state index is -1.36. The van der Waals surface area contributed by atoms with Crippen molar-refractivity contribution in [2.45, 2.75) is 0 Å². The van der Waals surface area contributed by atoms with Crippen LogP contribution in [0.5, 0.6) is 0 Å². The van der Waals surface area contributed by atoms with E-state index in [0.717, 1.165) is 18.2 Å². The molecule has 1 amide bonds. The summed E-state index contributed by atoms with van der Waals surface area (Å²) in [7, 11) is 0. The Kier molecular flexibility index (Phi) is 2.05. The van der Waals surface area contributed by atoms with Crippen LogP contribution in [0.15, 0.2) is 23.9 Å². The zero-order valence-corrected chi connectivity index (χ0v) is 5.90.